The van der Waals surface area contributed by atoms with E-state index >= 15 is 0 Å². The highest BCUT2D eigenvalue weighted by molar-refractivity contribution is 6.35. The van der Waals surface area contributed by atoms with Gasteiger partial charge in [0.25, 0.3) is 5.91 Å². The van der Waals surface area contributed by atoms with Crippen molar-refractivity contribution in [3.8, 4) is 6.07 Å². The highest BCUT2D eigenvalue weighted by Crippen LogP contribution is 2.22. The Hall–Kier alpha value is -2.12. The van der Waals surface area contributed by atoms with E-state index in [9.17, 15) is 4.79 Å². The van der Waals surface area contributed by atoms with E-state index in [0.29, 0.717) is 10.5 Å². The van der Waals surface area contributed by atoms with Crippen LogP contribution in [0.1, 0.15) is 10.5 Å². The van der Waals surface area contributed by atoms with Crippen LogP contribution < -0.4 is 5.32 Å². The van der Waals surface area contributed by atoms with Gasteiger partial charge in [0.05, 0.1) is 16.6 Å². The van der Waals surface area contributed by atoms with Gasteiger partial charge in [0.2, 0.25) is 0 Å². The molecule has 0 aliphatic carbocycles. The molecule has 0 radical (unpaired) electrons. The number of halogens is 1. The Morgan fingerprint density at radius 1 is 1.47 bits per heavy atom. The Labute approximate surface area is 103 Å². The molecule has 84 valence electrons. The summed E-state index contributed by atoms with van der Waals surface area (Å²) in [6, 6.07) is 10.6. The van der Waals surface area contributed by atoms with Crippen LogP contribution in [0.15, 0.2) is 30.3 Å². The fraction of sp³-hybridized carbons (Fsp3) is 0.0833. The molecule has 1 aromatic heterocycles. The molecule has 0 bridgehead atoms. The van der Waals surface area contributed by atoms with Gasteiger partial charge in [0, 0.05) is 5.39 Å². The van der Waals surface area contributed by atoms with Crippen molar-refractivity contribution in [1.29, 1.82) is 5.26 Å². The first-order valence-corrected chi connectivity index (χ1v) is 5.30. The number of amides is 1. The van der Waals surface area contributed by atoms with Crippen molar-refractivity contribution in [1.82, 2.24) is 10.3 Å². The molecule has 1 heterocycles. The van der Waals surface area contributed by atoms with Crippen LogP contribution in [0.4, 0.5) is 0 Å². The molecule has 1 N–H and O–H groups in total. The molecule has 0 fully saturated rings. The number of carbonyl (C=O) groups excluding carboxylic acids is 1. The SMILES string of the molecule is N#CCNC(=O)c1cc(Cl)c2ccccc2n1. The molecule has 17 heavy (non-hydrogen) atoms. The Morgan fingerprint density at radius 2 is 2.24 bits per heavy atom. The van der Waals surface area contributed by atoms with Crippen LogP contribution in [0.2, 0.25) is 5.02 Å². The van der Waals surface area contributed by atoms with Gasteiger partial charge in [-0.3, -0.25) is 4.79 Å². The maximum Gasteiger partial charge on any atom is 0.270 e. The molecule has 4 nitrogen and oxygen atoms in total. The number of pyridine rings is 1. The Balaban J connectivity index is 2.43. The third-order valence-corrected chi connectivity index (χ3v) is 2.54. The number of benzene rings is 1. The van der Waals surface area contributed by atoms with Crippen molar-refractivity contribution in [3.63, 3.8) is 0 Å². The smallest absolute Gasteiger partial charge is 0.270 e. The second-order valence-electron chi connectivity index (χ2n) is 3.35. The number of nitrogens with zero attached hydrogens (tertiary/aromatic N) is 2. The molecule has 2 aromatic rings. The van der Waals surface area contributed by atoms with E-state index in [0.717, 1.165) is 5.39 Å². The van der Waals surface area contributed by atoms with Gasteiger partial charge in [-0.15, -0.1) is 0 Å². The van der Waals surface area contributed by atoms with Crippen LogP contribution in [-0.4, -0.2) is 17.4 Å². The lowest BCUT2D eigenvalue weighted by Crippen LogP contribution is -2.24. The van der Waals surface area contributed by atoms with Crippen LogP contribution in [-0.2, 0) is 0 Å². The van der Waals surface area contributed by atoms with E-state index in [1.54, 1.807) is 6.07 Å². The molecule has 0 unspecified atom stereocenters. The first-order chi connectivity index (χ1) is 8.22. The van der Waals surface area contributed by atoms with Crippen molar-refractivity contribution in [2.24, 2.45) is 0 Å². The predicted octanol–water partition coefficient (Wildman–Crippen LogP) is 2.14. The van der Waals surface area contributed by atoms with E-state index in [4.69, 9.17) is 16.9 Å². The summed E-state index contributed by atoms with van der Waals surface area (Å²) in [4.78, 5) is 15.8. The zero-order chi connectivity index (χ0) is 12.3. The van der Waals surface area contributed by atoms with Crippen LogP contribution >= 0.6 is 11.6 Å². The van der Waals surface area contributed by atoms with Crippen LogP contribution in [0, 0.1) is 11.3 Å². The van der Waals surface area contributed by atoms with Crippen LogP contribution in [0.5, 0.6) is 0 Å². The second-order valence-corrected chi connectivity index (χ2v) is 3.75. The Morgan fingerprint density at radius 3 is 3.00 bits per heavy atom. The number of nitriles is 1. The van der Waals surface area contributed by atoms with Gasteiger partial charge in [-0.2, -0.15) is 5.26 Å². The second kappa shape index (κ2) is 4.81. The van der Waals surface area contributed by atoms with Crippen molar-refractivity contribution in [3.05, 3.63) is 41.0 Å². The predicted molar refractivity (Wildman–Crippen MR) is 64.7 cm³/mol. The molecular formula is C12H8ClN3O. The average molecular weight is 246 g/mol. The quantitative estimate of drug-likeness (QED) is 0.825. The summed E-state index contributed by atoms with van der Waals surface area (Å²) in [5.74, 6) is -0.404. The monoisotopic (exact) mass is 245 g/mol. The number of rotatable bonds is 2. The fourth-order valence-corrected chi connectivity index (χ4v) is 1.72. The summed E-state index contributed by atoms with van der Waals surface area (Å²) < 4.78 is 0. The van der Waals surface area contributed by atoms with Gasteiger partial charge in [-0.25, -0.2) is 4.98 Å². The van der Waals surface area contributed by atoms with Gasteiger partial charge in [0.15, 0.2) is 0 Å². The largest absolute Gasteiger partial charge is 0.338 e. The van der Waals surface area contributed by atoms with E-state index < -0.39 is 5.91 Å². The van der Waals surface area contributed by atoms with E-state index in [2.05, 4.69) is 10.3 Å². The third kappa shape index (κ3) is 2.35. The minimum atomic E-state index is -0.404. The molecule has 1 aromatic carbocycles. The summed E-state index contributed by atoms with van der Waals surface area (Å²) in [5.41, 5.74) is 0.867. The topological polar surface area (TPSA) is 65.8 Å². The summed E-state index contributed by atoms with van der Waals surface area (Å²) in [7, 11) is 0. The van der Waals surface area contributed by atoms with Gasteiger partial charge >= 0.3 is 0 Å². The first-order valence-electron chi connectivity index (χ1n) is 4.93. The third-order valence-electron chi connectivity index (χ3n) is 2.23. The first kappa shape index (κ1) is 11.4. The lowest BCUT2D eigenvalue weighted by atomic mass is 10.2. The maximum atomic E-state index is 11.6. The standard InChI is InChI=1S/C12H8ClN3O/c13-9-7-11(12(17)15-6-5-14)16-10-4-2-1-3-8(9)10/h1-4,7H,6H2,(H,15,17). The number of fused-ring (bicyclic) bond motifs is 1. The highest BCUT2D eigenvalue weighted by atomic mass is 35.5. The van der Waals surface area contributed by atoms with E-state index in [1.165, 1.54) is 6.07 Å². The molecule has 0 saturated heterocycles. The van der Waals surface area contributed by atoms with Gasteiger partial charge < -0.3 is 5.32 Å². The fourth-order valence-electron chi connectivity index (χ4n) is 1.46. The Bertz CT molecular complexity index is 619. The minimum absolute atomic E-state index is 0.0506. The molecule has 0 saturated carbocycles. The van der Waals surface area contributed by atoms with Crippen molar-refractivity contribution >= 4 is 28.4 Å². The minimum Gasteiger partial charge on any atom is -0.338 e. The highest BCUT2D eigenvalue weighted by Gasteiger charge is 2.10. The molecular weight excluding hydrogens is 238 g/mol. The molecule has 0 aliphatic rings. The van der Waals surface area contributed by atoms with Crippen LogP contribution in [0.3, 0.4) is 0 Å². The van der Waals surface area contributed by atoms with Gasteiger partial charge in [-0.1, -0.05) is 29.8 Å². The van der Waals surface area contributed by atoms with Gasteiger partial charge in [0.1, 0.15) is 12.2 Å². The van der Waals surface area contributed by atoms with Crippen molar-refractivity contribution in [2.75, 3.05) is 6.54 Å². The van der Waals surface area contributed by atoms with Crippen LogP contribution in [0.25, 0.3) is 10.9 Å². The Kier molecular flexibility index (Phi) is 3.22. The van der Waals surface area contributed by atoms with E-state index in [1.807, 2.05) is 24.3 Å². The lowest BCUT2D eigenvalue weighted by Gasteiger charge is -2.04. The molecule has 5 heteroatoms. The number of nitrogens with one attached hydrogen (secondary N) is 1. The zero-order valence-electron chi connectivity index (χ0n) is 8.77. The molecule has 0 atom stereocenters. The van der Waals surface area contributed by atoms with E-state index in [-0.39, 0.29) is 12.2 Å². The lowest BCUT2D eigenvalue weighted by molar-refractivity contribution is 0.0954. The number of para-hydroxylation sites is 1. The zero-order valence-corrected chi connectivity index (χ0v) is 9.53. The van der Waals surface area contributed by atoms with Gasteiger partial charge in [-0.05, 0) is 12.1 Å². The molecule has 0 aliphatic heterocycles. The maximum absolute atomic E-state index is 11.6. The van der Waals surface area contributed by atoms with Crippen molar-refractivity contribution < 1.29 is 4.79 Å². The summed E-state index contributed by atoms with van der Waals surface area (Å²) in [5, 5.41) is 12.1. The summed E-state index contributed by atoms with van der Waals surface area (Å²) in [6.07, 6.45) is 0. The number of aromatic nitrogens is 1. The summed E-state index contributed by atoms with van der Waals surface area (Å²) >= 11 is 6.06. The summed E-state index contributed by atoms with van der Waals surface area (Å²) in [6.45, 7) is -0.0506. The van der Waals surface area contributed by atoms with Crippen molar-refractivity contribution in [2.45, 2.75) is 0 Å². The number of hydrogen-bond acceptors (Lipinski definition) is 3. The number of carbonyl (C=O) groups is 1. The average Bonchev–Trinajstić information content (AvgIpc) is 2.36. The normalized spacial score (nSPS) is 9.88. The number of hydrogen-bond donors (Lipinski definition) is 1. The molecule has 0 spiro atoms. The molecule has 1 amide bonds. The molecule has 2 rings (SSSR count).